The van der Waals surface area contributed by atoms with Crippen LogP contribution in [-0.2, 0) is 6.42 Å². The number of hydrogen-bond acceptors (Lipinski definition) is 4. The highest BCUT2D eigenvalue weighted by molar-refractivity contribution is 6.09. The fourth-order valence-corrected chi connectivity index (χ4v) is 3.18. The highest BCUT2D eigenvalue weighted by Crippen LogP contribution is 2.37. The molecule has 124 valence electrons. The molecule has 0 N–H and O–H groups in total. The number of rotatable bonds is 3. The summed E-state index contributed by atoms with van der Waals surface area (Å²) >= 11 is 0. The Labute approximate surface area is 139 Å². The fraction of sp³-hybridized carbons (Fsp3) is 0.278. The molecular weight excluding hydrogens is 308 g/mol. The van der Waals surface area contributed by atoms with Gasteiger partial charge in [0.15, 0.2) is 0 Å². The zero-order valence-electron chi connectivity index (χ0n) is 13.6. The molecule has 0 fully saturated rings. The first-order valence-corrected chi connectivity index (χ1v) is 7.76. The van der Waals surface area contributed by atoms with Crippen molar-refractivity contribution in [3.63, 3.8) is 0 Å². The number of methoxy groups -OCH3 is 1. The van der Waals surface area contributed by atoms with Crippen LogP contribution in [0.1, 0.15) is 27.9 Å². The van der Waals surface area contributed by atoms with Crippen molar-refractivity contribution < 1.29 is 14.5 Å². The molecule has 0 atom stereocenters. The molecule has 1 aliphatic heterocycles. The SMILES string of the molecule is COc1cccc2c1N(C(=O)c1cccc([N+](=O)[O-])c1C)CCC2. The van der Waals surface area contributed by atoms with Crippen LogP contribution in [-0.4, -0.2) is 24.5 Å². The number of anilines is 1. The Bertz CT molecular complexity index is 802. The van der Waals surface area contributed by atoms with Crippen LogP contribution >= 0.6 is 0 Å². The number of ether oxygens (including phenoxy) is 1. The molecule has 0 unspecified atom stereocenters. The van der Waals surface area contributed by atoms with Gasteiger partial charge in [0.25, 0.3) is 11.6 Å². The molecule has 2 aromatic carbocycles. The maximum Gasteiger partial charge on any atom is 0.273 e. The lowest BCUT2D eigenvalue weighted by molar-refractivity contribution is -0.385. The van der Waals surface area contributed by atoms with Gasteiger partial charge in [-0.1, -0.05) is 18.2 Å². The van der Waals surface area contributed by atoms with Crippen molar-refractivity contribution in [1.29, 1.82) is 0 Å². The van der Waals surface area contributed by atoms with Gasteiger partial charge >= 0.3 is 0 Å². The molecule has 24 heavy (non-hydrogen) atoms. The predicted molar refractivity (Wildman–Crippen MR) is 90.8 cm³/mol. The molecule has 1 heterocycles. The van der Waals surface area contributed by atoms with Gasteiger partial charge in [0.05, 0.1) is 17.7 Å². The quantitative estimate of drug-likeness (QED) is 0.639. The van der Waals surface area contributed by atoms with Crippen LogP contribution in [0.5, 0.6) is 5.75 Å². The van der Waals surface area contributed by atoms with Crippen LogP contribution in [0, 0.1) is 17.0 Å². The van der Waals surface area contributed by atoms with Gasteiger partial charge < -0.3 is 9.64 Å². The number of fused-ring (bicyclic) bond motifs is 1. The first-order chi connectivity index (χ1) is 11.5. The molecule has 1 aliphatic rings. The third-order valence-electron chi connectivity index (χ3n) is 4.38. The number of amides is 1. The number of aryl methyl sites for hydroxylation is 1. The average molecular weight is 326 g/mol. The van der Waals surface area contributed by atoms with E-state index in [2.05, 4.69) is 0 Å². The predicted octanol–water partition coefficient (Wildman–Crippen LogP) is 3.50. The minimum atomic E-state index is -0.461. The molecule has 0 saturated carbocycles. The van der Waals surface area contributed by atoms with Crippen molar-refractivity contribution in [2.75, 3.05) is 18.6 Å². The molecule has 6 heteroatoms. The normalized spacial score (nSPS) is 13.3. The summed E-state index contributed by atoms with van der Waals surface area (Å²) in [5.41, 5.74) is 2.51. The number of nitro groups is 1. The Hall–Kier alpha value is -2.89. The van der Waals surface area contributed by atoms with E-state index in [0.717, 1.165) is 24.1 Å². The van der Waals surface area contributed by atoms with E-state index in [-0.39, 0.29) is 11.6 Å². The first kappa shape index (κ1) is 16.0. The maximum atomic E-state index is 13.1. The highest BCUT2D eigenvalue weighted by atomic mass is 16.6. The molecule has 0 radical (unpaired) electrons. The van der Waals surface area contributed by atoms with Gasteiger partial charge in [-0.2, -0.15) is 0 Å². The van der Waals surface area contributed by atoms with Crippen molar-refractivity contribution >= 4 is 17.3 Å². The second-order valence-electron chi connectivity index (χ2n) is 5.74. The fourth-order valence-electron chi connectivity index (χ4n) is 3.18. The van der Waals surface area contributed by atoms with Gasteiger partial charge in [-0.3, -0.25) is 14.9 Å². The number of nitro benzene ring substituents is 1. The summed E-state index contributed by atoms with van der Waals surface area (Å²) in [5, 5.41) is 11.1. The van der Waals surface area contributed by atoms with Gasteiger partial charge in [0, 0.05) is 23.7 Å². The molecule has 0 aromatic heterocycles. The van der Waals surface area contributed by atoms with Crippen LogP contribution in [0.25, 0.3) is 0 Å². The van der Waals surface area contributed by atoms with E-state index < -0.39 is 4.92 Å². The number of nitrogens with zero attached hydrogens (tertiary/aromatic N) is 2. The van der Waals surface area contributed by atoms with Crippen LogP contribution < -0.4 is 9.64 Å². The molecule has 6 nitrogen and oxygen atoms in total. The Morgan fingerprint density at radius 3 is 2.71 bits per heavy atom. The van der Waals surface area contributed by atoms with Crippen molar-refractivity contribution in [2.45, 2.75) is 19.8 Å². The topological polar surface area (TPSA) is 72.7 Å². The standard InChI is InChI=1S/C18H18N2O4/c1-12-14(8-4-9-15(12)20(22)23)18(21)19-11-5-7-13-6-3-10-16(24-2)17(13)19/h3-4,6,8-10H,5,7,11H2,1-2H3. The van der Waals surface area contributed by atoms with E-state index in [1.54, 1.807) is 31.1 Å². The second kappa shape index (κ2) is 6.31. The summed E-state index contributed by atoms with van der Waals surface area (Å²) in [6.07, 6.45) is 1.73. The summed E-state index contributed by atoms with van der Waals surface area (Å²) in [6.45, 7) is 2.17. The Morgan fingerprint density at radius 2 is 2.00 bits per heavy atom. The molecule has 0 bridgehead atoms. The van der Waals surface area contributed by atoms with E-state index in [9.17, 15) is 14.9 Å². The van der Waals surface area contributed by atoms with Crippen LogP contribution in [0.2, 0.25) is 0 Å². The third-order valence-corrected chi connectivity index (χ3v) is 4.38. The van der Waals surface area contributed by atoms with Crippen LogP contribution in [0.15, 0.2) is 36.4 Å². The molecule has 1 amide bonds. The largest absolute Gasteiger partial charge is 0.495 e. The molecule has 0 aliphatic carbocycles. The van der Waals surface area contributed by atoms with Crippen LogP contribution in [0.3, 0.4) is 0 Å². The summed E-state index contributed by atoms with van der Waals surface area (Å²) in [6, 6.07) is 10.3. The summed E-state index contributed by atoms with van der Waals surface area (Å²) < 4.78 is 5.42. The monoisotopic (exact) mass is 326 g/mol. The van der Waals surface area contributed by atoms with Gasteiger partial charge in [-0.25, -0.2) is 0 Å². The lowest BCUT2D eigenvalue weighted by Crippen LogP contribution is -2.36. The lowest BCUT2D eigenvalue weighted by Gasteiger charge is -2.31. The van der Waals surface area contributed by atoms with E-state index in [1.165, 1.54) is 6.07 Å². The molecule has 0 saturated heterocycles. The zero-order chi connectivity index (χ0) is 17.3. The number of benzene rings is 2. The number of hydrogen-bond donors (Lipinski definition) is 0. The Morgan fingerprint density at radius 1 is 1.25 bits per heavy atom. The van der Waals surface area contributed by atoms with Gasteiger partial charge in [0.2, 0.25) is 0 Å². The average Bonchev–Trinajstić information content (AvgIpc) is 2.60. The van der Waals surface area contributed by atoms with E-state index >= 15 is 0 Å². The van der Waals surface area contributed by atoms with E-state index in [4.69, 9.17) is 4.74 Å². The third kappa shape index (κ3) is 2.60. The highest BCUT2D eigenvalue weighted by Gasteiger charge is 2.29. The minimum absolute atomic E-state index is 0.0434. The summed E-state index contributed by atoms with van der Waals surface area (Å²) in [5.74, 6) is 0.408. The second-order valence-corrected chi connectivity index (χ2v) is 5.74. The van der Waals surface area contributed by atoms with Gasteiger partial charge in [-0.15, -0.1) is 0 Å². The summed E-state index contributed by atoms with van der Waals surface area (Å²) in [7, 11) is 1.57. The van der Waals surface area contributed by atoms with Crippen molar-refractivity contribution in [3.8, 4) is 5.75 Å². The molecular formula is C18H18N2O4. The molecule has 2 aromatic rings. The Balaban J connectivity index is 2.08. The smallest absolute Gasteiger partial charge is 0.273 e. The van der Waals surface area contributed by atoms with Gasteiger partial charge in [-0.05, 0) is 37.5 Å². The number of carbonyl (C=O) groups excluding carboxylic acids is 1. The summed E-state index contributed by atoms with van der Waals surface area (Å²) in [4.78, 5) is 25.4. The van der Waals surface area contributed by atoms with E-state index in [1.807, 2.05) is 18.2 Å². The van der Waals surface area contributed by atoms with Crippen molar-refractivity contribution in [3.05, 3.63) is 63.2 Å². The maximum absolute atomic E-state index is 13.1. The van der Waals surface area contributed by atoms with E-state index in [0.29, 0.717) is 23.4 Å². The zero-order valence-corrected chi connectivity index (χ0v) is 13.6. The van der Waals surface area contributed by atoms with Crippen molar-refractivity contribution in [2.24, 2.45) is 0 Å². The van der Waals surface area contributed by atoms with Crippen LogP contribution in [0.4, 0.5) is 11.4 Å². The number of carbonyl (C=O) groups is 1. The molecule has 3 rings (SSSR count). The lowest BCUT2D eigenvalue weighted by atomic mass is 9.98. The Kier molecular flexibility index (Phi) is 4.20. The first-order valence-electron chi connectivity index (χ1n) is 7.76. The molecule has 0 spiro atoms. The van der Waals surface area contributed by atoms with Crippen molar-refractivity contribution in [1.82, 2.24) is 0 Å². The number of para-hydroxylation sites is 1. The van der Waals surface area contributed by atoms with Gasteiger partial charge in [0.1, 0.15) is 5.75 Å². The minimum Gasteiger partial charge on any atom is -0.495 e.